The highest BCUT2D eigenvalue weighted by Crippen LogP contribution is 2.22. The third kappa shape index (κ3) is 3.69. The van der Waals surface area contributed by atoms with Crippen LogP contribution in [0.5, 0.6) is 0 Å². The molecule has 0 unspecified atom stereocenters. The summed E-state index contributed by atoms with van der Waals surface area (Å²) in [5.74, 6) is -0.446. The van der Waals surface area contributed by atoms with E-state index in [0.29, 0.717) is 33.6 Å². The Balaban J connectivity index is 1.95. The van der Waals surface area contributed by atoms with Crippen LogP contribution in [-0.4, -0.2) is 21.2 Å². The molecule has 4 N–H and O–H groups in total. The van der Waals surface area contributed by atoms with E-state index in [1.807, 2.05) is 6.07 Å². The van der Waals surface area contributed by atoms with Gasteiger partial charge in [0, 0.05) is 36.4 Å². The summed E-state index contributed by atoms with van der Waals surface area (Å²) in [7, 11) is 1.61. The van der Waals surface area contributed by atoms with E-state index >= 15 is 0 Å². The highest BCUT2D eigenvalue weighted by molar-refractivity contribution is 6.14. The Morgan fingerprint density at radius 2 is 1.97 bits per heavy atom. The van der Waals surface area contributed by atoms with E-state index in [-0.39, 0.29) is 22.5 Å². The number of nitrogens with two attached hydrogens (primary N) is 1. The topological polar surface area (TPSA) is 138 Å². The molecule has 0 spiro atoms. The summed E-state index contributed by atoms with van der Waals surface area (Å²) >= 11 is 0. The van der Waals surface area contributed by atoms with Crippen LogP contribution in [0.1, 0.15) is 38.3 Å². The summed E-state index contributed by atoms with van der Waals surface area (Å²) in [5.41, 5.74) is 8.86. The molecule has 2 heterocycles. The van der Waals surface area contributed by atoms with Crippen LogP contribution in [0.3, 0.4) is 0 Å². The molecular formula is C22H20N6O2. The number of rotatable bonds is 4. The molecule has 0 saturated heterocycles. The third-order valence-corrected chi connectivity index (χ3v) is 4.95. The molecule has 0 bridgehead atoms. The molecule has 0 aliphatic rings. The second kappa shape index (κ2) is 8.01. The monoisotopic (exact) mass is 400 g/mol. The molecule has 0 aliphatic heterocycles. The number of benzene rings is 1. The number of nitrogens with zero attached hydrogens (tertiary/aromatic N) is 3. The number of nitriles is 1. The number of anilines is 2. The Hall–Kier alpha value is -4.25. The van der Waals surface area contributed by atoms with E-state index in [2.05, 4.69) is 10.3 Å². The van der Waals surface area contributed by atoms with E-state index < -0.39 is 5.91 Å². The number of carbonyl (C=O) groups excluding carboxylic acids is 1. The number of aryl methyl sites for hydroxylation is 1. The highest BCUT2D eigenvalue weighted by atomic mass is 16.2. The molecule has 0 radical (unpaired) electrons. The second-order valence-corrected chi connectivity index (χ2v) is 6.85. The van der Waals surface area contributed by atoms with Gasteiger partial charge in [-0.1, -0.05) is 0 Å². The maximum atomic E-state index is 12.7. The van der Waals surface area contributed by atoms with Gasteiger partial charge in [0.2, 0.25) is 0 Å². The number of aromatic nitrogens is 2. The van der Waals surface area contributed by atoms with Crippen LogP contribution in [0, 0.1) is 30.6 Å². The average Bonchev–Trinajstić information content (AvgIpc) is 2.72. The largest absolute Gasteiger partial charge is 0.398 e. The summed E-state index contributed by atoms with van der Waals surface area (Å²) in [6, 6.07) is 10.0. The lowest BCUT2D eigenvalue weighted by Crippen LogP contribution is -2.24. The zero-order valence-corrected chi connectivity index (χ0v) is 16.8. The Kier molecular flexibility index (Phi) is 5.47. The first-order valence-corrected chi connectivity index (χ1v) is 9.06. The standard InChI is InChI=1S/C22H20N6O2/c1-12-13(2)20(26-11-14(12)10-23)21(29)27-15-6-7-18(24)17(9-15)19(25)16-5-4-8-28(3)22(16)30/h4-9,11,25H,24H2,1-3H3,(H,27,29). The van der Waals surface area contributed by atoms with Crippen molar-refractivity contribution in [2.45, 2.75) is 13.8 Å². The van der Waals surface area contributed by atoms with Gasteiger partial charge in [0.05, 0.1) is 16.8 Å². The Morgan fingerprint density at radius 3 is 2.67 bits per heavy atom. The number of nitrogens with one attached hydrogen (secondary N) is 2. The predicted molar refractivity (Wildman–Crippen MR) is 115 cm³/mol. The van der Waals surface area contributed by atoms with Gasteiger partial charge < -0.3 is 15.6 Å². The Labute approximate surface area is 173 Å². The number of nitrogen functional groups attached to an aromatic ring is 1. The first kappa shape index (κ1) is 20.5. The fraction of sp³-hybridized carbons (Fsp3) is 0.136. The fourth-order valence-electron chi connectivity index (χ4n) is 3.02. The van der Waals surface area contributed by atoms with Crippen molar-refractivity contribution >= 4 is 23.0 Å². The lowest BCUT2D eigenvalue weighted by molar-refractivity contribution is 0.102. The van der Waals surface area contributed by atoms with Crippen molar-refractivity contribution < 1.29 is 4.79 Å². The molecule has 3 aromatic rings. The smallest absolute Gasteiger partial charge is 0.274 e. The van der Waals surface area contributed by atoms with Crippen LogP contribution < -0.4 is 16.6 Å². The van der Waals surface area contributed by atoms with Gasteiger partial charge in [-0.2, -0.15) is 5.26 Å². The summed E-state index contributed by atoms with van der Waals surface area (Å²) in [4.78, 5) is 29.2. The first-order chi connectivity index (χ1) is 14.2. The van der Waals surface area contributed by atoms with Crippen molar-refractivity contribution in [2.75, 3.05) is 11.1 Å². The lowest BCUT2D eigenvalue weighted by Gasteiger charge is -2.13. The van der Waals surface area contributed by atoms with Crippen molar-refractivity contribution in [1.82, 2.24) is 9.55 Å². The summed E-state index contributed by atoms with van der Waals surface area (Å²) in [5, 5.41) is 20.3. The molecule has 1 aromatic carbocycles. The number of hydrogen-bond donors (Lipinski definition) is 3. The molecule has 0 saturated carbocycles. The van der Waals surface area contributed by atoms with Gasteiger partial charge in [-0.25, -0.2) is 4.98 Å². The summed E-state index contributed by atoms with van der Waals surface area (Å²) in [6.45, 7) is 3.49. The van der Waals surface area contributed by atoms with Crippen LogP contribution in [0.25, 0.3) is 0 Å². The molecule has 1 amide bonds. The molecule has 8 heteroatoms. The molecule has 30 heavy (non-hydrogen) atoms. The van der Waals surface area contributed by atoms with Gasteiger partial charge in [-0.15, -0.1) is 0 Å². The number of pyridine rings is 2. The fourth-order valence-corrected chi connectivity index (χ4v) is 3.02. The van der Waals surface area contributed by atoms with E-state index in [1.165, 1.54) is 10.8 Å². The first-order valence-electron chi connectivity index (χ1n) is 9.06. The Morgan fingerprint density at radius 1 is 1.23 bits per heavy atom. The quantitative estimate of drug-likeness (QED) is 0.456. The molecule has 0 atom stereocenters. The van der Waals surface area contributed by atoms with Crippen molar-refractivity contribution in [1.29, 1.82) is 10.7 Å². The van der Waals surface area contributed by atoms with E-state index in [1.54, 1.807) is 57.4 Å². The van der Waals surface area contributed by atoms with Crippen LogP contribution in [0.4, 0.5) is 11.4 Å². The van der Waals surface area contributed by atoms with E-state index in [9.17, 15) is 9.59 Å². The number of carbonyl (C=O) groups is 1. The van der Waals surface area contributed by atoms with Gasteiger partial charge in [0.25, 0.3) is 11.5 Å². The molecule has 8 nitrogen and oxygen atoms in total. The molecule has 0 aliphatic carbocycles. The molecule has 0 fully saturated rings. The van der Waals surface area contributed by atoms with Crippen molar-refractivity contribution in [2.24, 2.45) is 7.05 Å². The predicted octanol–water partition coefficient (Wildman–Crippen LogP) is 2.52. The van der Waals surface area contributed by atoms with Crippen molar-refractivity contribution in [3.8, 4) is 6.07 Å². The highest BCUT2D eigenvalue weighted by Gasteiger charge is 2.17. The van der Waals surface area contributed by atoms with E-state index in [4.69, 9.17) is 16.4 Å². The van der Waals surface area contributed by atoms with Crippen molar-refractivity contribution in [3.63, 3.8) is 0 Å². The SMILES string of the molecule is Cc1c(C#N)cnc(C(=O)Nc2ccc(N)c(C(=N)c3cccn(C)c3=O)c2)c1C. The van der Waals surface area contributed by atoms with Gasteiger partial charge in [0.1, 0.15) is 11.8 Å². The van der Waals surface area contributed by atoms with Crippen LogP contribution in [0.15, 0.2) is 47.5 Å². The van der Waals surface area contributed by atoms with Gasteiger partial charge in [-0.05, 0) is 55.3 Å². The average molecular weight is 400 g/mol. The second-order valence-electron chi connectivity index (χ2n) is 6.85. The van der Waals surface area contributed by atoms with Crippen LogP contribution in [0.2, 0.25) is 0 Å². The summed E-state index contributed by atoms with van der Waals surface area (Å²) < 4.78 is 1.38. The molecular weight excluding hydrogens is 380 g/mol. The van der Waals surface area contributed by atoms with E-state index in [0.717, 1.165) is 0 Å². The van der Waals surface area contributed by atoms with Crippen LogP contribution >= 0.6 is 0 Å². The zero-order valence-electron chi connectivity index (χ0n) is 16.8. The number of amides is 1. The minimum Gasteiger partial charge on any atom is -0.398 e. The third-order valence-electron chi connectivity index (χ3n) is 4.95. The summed E-state index contributed by atoms with van der Waals surface area (Å²) in [6.07, 6.45) is 2.97. The Bertz CT molecular complexity index is 1280. The van der Waals surface area contributed by atoms with Gasteiger partial charge in [0.15, 0.2) is 0 Å². The van der Waals surface area contributed by atoms with Gasteiger partial charge >= 0.3 is 0 Å². The molecule has 3 rings (SSSR count). The zero-order chi connectivity index (χ0) is 22.0. The maximum Gasteiger partial charge on any atom is 0.274 e. The minimum absolute atomic E-state index is 0.0340. The van der Waals surface area contributed by atoms with Crippen molar-refractivity contribution in [3.05, 3.63) is 86.6 Å². The lowest BCUT2D eigenvalue weighted by atomic mass is 10.0. The van der Waals surface area contributed by atoms with Gasteiger partial charge in [-0.3, -0.25) is 15.0 Å². The minimum atomic E-state index is -0.446. The van der Waals surface area contributed by atoms with Crippen LogP contribution in [-0.2, 0) is 7.05 Å². The number of hydrogen-bond acceptors (Lipinski definition) is 6. The normalized spacial score (nSPS) is 10.3. The molecule has 2 aromatic heterocycles. The molecule has 150 valence electrons. The maximum absolute atomic E-state index is 12.7.